The molecule has 27 heavy (non-hydrogen) atoms. The molecule has 1 heterocycles. The minimum absolute atomic E-state index is 0.0283. The largest absolute Gasteiger partial charge is 0.335 e. The molecular weight excluding hydrogens is 362 g/mol. The SMILES string of the molecule is CC[C@@H](C)NC(=O)NC(=O)CSc1nnc(C2CC2)n1Cc1ccccc1. The number of urea groups is 1. The zero-order valence-corrected chi connectivity index (χ0v) is 16.5. The van der Waals surface area contributed by atoms with Crippen LogP contribution in [0.4, 0.5) is 4.79 Å². The van der Waals surface area contributed by atoms with Crippen molar-refractivity contribution in [3.05, 3.63) is 41.7 Å². The summed E-state index contributed by atoms with van der Waals surface area (Å²) in [6.45, 7) is 4.54. The number of imide groups is 1. The molecule has 7 nitrogen and oxygen atoms in total. The first-order chi connectivity index (χ1) is 13.1. The van der Waals surface area contributed by atoms with E-state index >= 15 is 0 Å². The van der Waals surface area contributed by atoms with Gasteiger partial charge in [0, 0.05) is 12.0 Å². The number of benzene rings is 1. The molecule has 1 aliphatic carbocycles. The van der Waals surface area contributed by atoms with Crippen LogP contribution in [0.5, 0.6) is 0 Å². The standard InChI is InChI=1S/C19H25N5O2S/c1-3-13(2)20-18(26)21-16(25)12-27-19-23-22-17(15-9-10-15)24(19)11-14-7-5-4-6-8-14/h4-8,13,15H,3,9-12H2,1-2H3,(H2,20,21,25,26)/t13-/m1/s1. The molecule has 0 saturated heterocycles. The van der Waals surface area contributed by atoms with E-state index in [0.29, 0.717) is 17.6 Å². The number of rotatable bonds is 8. The first-order valence-electron chi connectivity index (χ1n) is 9.27. The molecule has 0 radical (unpaired) electrons. The average molecular weight is 388 g/mol. The monoisotopic (exact) mass is 387 g/mol. The van der Waals surface area contributed by atoms with Crippen LogP contribution in [0.1, 0.15) is 50.4 Å². The normalized spacial score (nSPS) is 14.6. The molecule has 0 bridgehead atoms. The lowest BCUT2D eigenvalue weighted by molar-refractivity contribution is -0.117. The molecule has 1 aliphatic rings. The second-order valence-electron chi connectivity index (χ2n) is 6.81. The molecule has 1 aromatic heterocycles. The quantitative estimate of drug-likeness (QED) is 0.680. The summed E-state index contributed by atoms with van der Waals surface area (Å²) in [5, 5.41) is 14.4. The Morgan fingerprint density at radius 2 is 2.00 bits per heavy atom. The summed E-state index contributed by atoms with van der Waals surface area (Å²) < 4.78 is 2.09. The molecule has 8 heteroatoms. The molecule has 1 atom stereocenters. The van der Waals surface area contributed by atoms with Gasteiger partial charge in [-0.1, -0.05) is 49.0 Å². The van der Waals surface area contributed by atoms with Crippen LogP contribution in [-0.4, -0.2) is 38.5 Å². The fourth-order valence-electron chi connectivity index (χ4n) is 2.62. The molecule has 2 aromatic rings. The third-order valence-corrected chi connectivity index (χ3v) is 5.41. The highest BCUT2D eigenvalue weighted by Gasteiger charge is 2.30. The van der Waals surface area contributed by atoms with Gasteiger partial charge in [0.25, 0.3) is 0 Å². The van der Waals surface area contributed by atoms with Gasteiger partial charge in [-0.25, -0.2) is 4.79 Å². The van der Waals surface area contributed by atoms with Gasteiger partial charge < -0.3 is 9.88 Å². The van der Waals surface area contributed by atoms with Crippen molar-refractivity contribution in [2.24, 2.45) is 0 Å². The maximum atomic E-state index is 12.1. The minimum atomic E-state index is -0.459. The smallest absolute Gasteiger partial charge is 0.321 e. The number of amides is 3. The number of hydrogen-bond acceptors (Lipinski definition) is 5. The van der Waals surface area contributed by atoms with E-state index in [9.17, 15) is 9.59 Å². The summed E-state index contributed by atoms with van der Waals surface area (Å²) in [6.07, 6.45) is 3.07. The predicted molar refractivity (Wildman–Crippen MR) is 105 cm³/mol. The van der Waals surface area contributed by atoms with Crippen molar-refractivity contribution in [2.45, 2.75) is 56.8 Å². The number of carbonyl (C=O) groups excluding carboxylic acids is 2. The fourth-order valence-corrected chi connectivity index (χ4v) is 3.36. The van der Waals surface area contributed by atoms with Gasteiger partial charge in [0.2, 0.25) is 5.91 Å². The van der Waals surface area contributed by atoms with E-state index in [4.69, 9.17) is 0 Å². The molecule has 144 valence electrons. The highest BCUT2D eigenvalue weighted by atomic mass is 32.2. The summed E-state index contributed by atoms with van der Waals surface area (Å²) in [7, 11) is 0. The fraction of sp³-hybridized carbons (Fsp3) is 0.474. The lowest BCUT2D eigenvalue weighted by Gasteiger charge is -2.12. The zero-order valence-electron chi connectivity index (χ0n) is 15.6. The number of thioether (sulfide) groups is 1. The van der Waals surface area contributed by atoms with Gasteiger partial charge in [0.1, 0.15) is 5.82 Å². The van der Waals surface area contributed by atoms with Crippen LogP contribution in [0.15, 0.2) is 35.5 Å². The highest BCUT2D eigenvalue weighted by Crippen LogP contribution is 2.40. The highest BCUT2D eigenvalue weighted by molar-refractivity contribution is 7.99. The van der Waals surface area contributed by atoms with E-state index in [1.165, 1.54) is 17.3 Å². The van der Waals surface area contributed by atoms with Crippen molar-refractivity contribution in [3.63, 3.8) is 0 Å². The van der Waals surface area contributed by atoms with Crippen molar-refractivity contribution in [1.82, 2.24) is 25.4 Å². The van der Waals surface area contributed by atoms with Crippen LogP contribution < -0.4 is 10.6 Å². The second kappa shape index (κ2) is 9.03. The Hall–Kier alpha value is -2.35. The molecule has 0 spiro atoms. The first-order valence-corrected chi connectivity index (χ1v) is 10.3. The van der Waals surface area contributed by atoms with E-state index in [1.54, 1.807) is 0 Å². The van der Waals surface area contributed by atoms with Gasteiger partial charge in [-0.3, -0.25) is 10.1 Å². The number of aromatic nitrogens is 3. The van der Waals surface area contributed by atoms with E-state index in [-0.39, 0.29) is 17.7 Å². The van der Waals surface area contributed by atoms with Gasteiger partial charge >= 0.3 is 6.03 Å². The number of hydrogen-bond donors (Lipinski definition) is 2. The minimum Gasteiger partial charge on any atom is -0.335 e. The molecule has 0 aliphatic heterocycles. The molecule has 1 saturated carbocycles. The van der Waals surface area contributed by atoms with E-state index in [0.717, 1.165) is 25.1 Å². The summed E-state index contributed by atoms with van der Waals surface area (Å²) in [4.78, 5) is 23.8. The van der Waals surface area contributed by atoms with E-state index in [2.05, 4.69) is 37.5 Å². The van der Waals surface area contributed by atoms with Gasteiger partial charge in [0.05, 0.1) is 12.3 Å². The maximum Gasteiger partial charge on any atom is 0.321 e. The summed E-state index contributed by atoms with van der Waals surface area (Å²) in [5.74, 6) is 1.22. The third kappa shape index (κ3) is 5.56. The van der Waals surface area contributed by atoms with Crippen LogP contribution in [-0.2, 0) is 11.3 Å². The number of nitrogens with one attached hydrogen (secondary N) is 2. The molecule has 3 amide bonds. The van der Waals surface area contributed by atoms with Crippen molar-refractivity contribution in [3.8, 4) is 0 Å². The first kappa shape index (κ1) is 19.4. The Morgan fingerprint density at radius 3 is 2.67 bits per heavy atom. The molecular formula is C19H25N5O2S. The molecule has 0 unspecified atom stereocenters. The lowest BCUT2D eigenvalue weighted by Crippen LogP contribution is -2.43. The number of carbonyl (C=O) groups is 2. The van der Waals surface area contributed by atoms with Crippen molar-refractivity contribution in [2.75, 3.05) is 5.75 Å². The second-order valence-corrected chi connectivity index (χ2v) is 7.75. The summed E-state index contributed by atoms with van der Waals surface area (Å²) in [6, 6.07) is 9.70. The summed E-state index contributed by atoms with van der Waals surface area (Å²) >= 11 is 1.30. The van der Waals surface area contributed by atoms with Gasteiger partial charge in [0.15, 0.2) is 5.16 Å². The van der Waals surface area contributed by atoms with Crippen LogP contribution in [0.3, 0.4) is 0 Å². The Labute approximate surface area is 163 Å². The molecule has 2 N–H and O–H groups in total. The van der Waals surface area contributed by atoms with Gasteiger partial charge in [-0.05, 0) is 31.7 Å². The molecule has 1 aromatic carbocycles. The Kier molecular flexibility index (Phi) is 6.49. The van der Waals surface area contributed by atoms with Crippen molar-refractivity contribution in [1.29, 1.82) is 0 Å². The van der Waals surface area contributed by atoms with Gasteiger partial charge in [-0.2, -0.15) is 0 Å². The zero-order chi connectivity index (χ0) is 19.2. The predicted octanol–water partition coefficient (Wildman–Crippen LogP) is 2.92. The summed E-state index contributed by atoms with van der Waals surface area (Å²) in [5.41, 5.74) is 1.17. The molecule has 1 fully saturated rings. The molecule has 3 rings (SSSR count). The Balaban J connectivity index is 1.61. The third-order valence-electron chi connectivity index (χ3n) is 4.45. The van der Waals surface area contributed by atoms with Gasteiger partial charge in [-0.15, -0.1) is 10.2 Å². The van der Waals surface area contributed by atoms with Crippen LogP contribution in [0.25, 0.3) is 0 Å². The van der Waals surface area contributed by atoms with Crippen LogP contribution >= 0.6 is 11.8 Å². The van der Waals surface area contributed by atoms with E-state index < -0.39 is 6.03 Å². The Bertz CT molecular complexity index is 789. The lowest BCUT2D eigenvalue weighted by atomic mass is 10.2. The Morgan fingerprint density at radius 1 is 1.26 bits per heavy atom. The van der Waals surface area contributed by atoms with Crippen LogP contribution in [0.2, 0.25) is 0 Å². The van der Waals surface area contributed by atoms with Crippen molar-refractivity contribution < 1.29 is 9.59 Å². The number of nitrogens with zero attached hydrogens (tertiary/aromatic N) is 3. The maximum absolute atomic E-state index is 12.1. The van der Waals surface area contributed by atoms with Crippen molar-refractivity contribution >= 4 is 23.7 Å². The van der Waals surface area contributed by atoms with Crippen LogP contribution in [0, 0.1) is 0 Å². The van der Waals surface area contributed by atoms with E-state index in [1.807, 2.05) is 32.0 Å². The topological polar surface area (TPSA) is 88.9 Å². The average Bonchev–Trinajstić information content (AvgIpc) is 3.42.